The van der Waals surface area contributed by atoms with E-state index in [4.69, 9.17) is 4.42 Å². The molecule has 2 aliphatic carbocycles. The summed E-state index contributed by atoms with van der Waals surface area (Å²) in [7, 11) is 2.04. The molecule has 3 heteroatoms. The van der Waals surface area contributed by atoms with Crippen molar-refractivity contribution in [2.45, 2.75) is 105 Å². The number of halogens is 1. The first kappa shape index (κ1) is 29.0. The van der Waals surface area contributed by atoms with Gasteiger partial charge in [-0.05, 0) is 93.3 Å². The van der Waals surface area contributed by atoms with Crippen molar-refractivity contribution in [2.75, 3.05) is 0 Å². The summed E-state index contributed by atoms with van der Waals surface area (Å²) in [6, 6.07) is 18.3. The third-order valence-electron chi connectivity index (χ3n) is 13.3. The summed E-state index contributed by atoms with van der Waals surface area (Å²) >= 11 is 0. The van der Waals surface area contributed by atoms with Gasteiger partial charge in [0.2, 0.25) is 5.69 Å². The van der Waals surface area contributed by atoms with Gasteiger partial charge in [-0.3, -0.25) is 0 Å². The summed E-state index contributed by atoms with van der Waals surface area (Å²) in [6.07, 6.45) is 5.80. The molecule has 5 aromatic rings. The molecule has 1 fully saturated rings. The summed E-state index contributed by atoms with van der Waals surface area (Å²) in [5.74, 6) is -0.991. The number of nitrogens with zero attached hydrogens (tertiary/aromatic N) is 1. The van der Waals surface area contributed by atoms with Crippen LogP contribution in [0.15, 0.2) is 65.2 Å². The SMILES string of the molecule is [2H]C1(c2cc(-c3c(F)ccc4c3oc3c(-c5cccc[n+]5C)c(C)ccc34)cc3c2C(C)(C)C(C)(C)C(C)(C)C3(C)C)CCCC1. The molecule has 45 heavy (non-hydrogen) atoms. The Morgan fingerprint density at radius 3 is 2.09 bits per heavy atom. The highest BCUT2D eigenvalue weighted by Gasteiger charge is 2.61. The molecule has 1 saturated carbocycles. The Hall–Kier alpha value is -3.46. The normalized spacial score (nSPS) is 21.2. The second-order valence-electron chi connectivity index (χ2n) is 16.0. The van der Waals surface area contributed by atoms with Gasteiger partial charge in [0.25, 0.3) is 0 Å². The Morgan fingerprint density at radius 2 is 1.42 bits per heavy atom. The summed E-state index contributed by atoms with van der Waals surface area (Å²) in [5.41, 5.74) is 8.90. The number of hydrogen-bond donors (Lipinski definition) is 0. The molecule has 0 saturated heterocycles. The largest absolute Gasteiger partial charge is 0.454 e. The van der Waals surface area contributed by atoms with Crippen LogP contribution in [0.2, 0.25) is 0 Å². The zero-order valence-corrected chi connectivity index (χ0v) is 28.8. The molecule has 0 spiro atoms. The molecule has 0 atom stereocenters. The monoisotopic (exact) mass is 603 g/mol. The average molecular weight is 604 g/mol. The van der Waals surface area contributed by atoms with E-state index in [-0.39, 0.29) is 27.5 Å². The summed E-state index contributed by atoms with van der Waals surface area (Å²) in [5, 5.41) is 1.89. The minimum Gasteiger partial charge on any atom is -0.454 e. The van der Waals surface area contributed by atoms with Crippen LogP contribution in [0.5, 0.6) is 0 Å². The molecule has 0 bridgehead atoms. The highest BCUT2D eigenvalue weighted by molar-refractivity contribution is 6.13. The van der Waals surface area contributed by atoms with Gasteiger partial charge >= 0.3 is 0 Å². The van der Waals surface area contributed by atoms with Gasteiger partial charge in [-0.15, -0.1) is 0 Å². The summed E-state index contributed by atoms with van der Waals surface area (Å²) in [4.78, 5) is 0. The van der Waals surface area contributed by atoms with Crippen LogP contribution in [0.4, 0.5) is 4.39 Å². The fourth-order valence-electron chi connectivity index (χ4n) is 8.86. The van der Waals surface area contributed by atoms with Crippen molar-refractivity contribution in [2.24, 2.45) is 17.9 Å². The fourth-order valence-corrected chi connectivity index (χ4v) is 8.86. The molecule has 2 heterocycles. The number of rotatable bonds is 3. The number of hydrogen-bond acceptors (Lipinski definition) is 1. The maximum atomic E-state index is 16.4. The van der Waals surface area contributed by atoms with Crippen molar-refractivity contribution in [3.05, 3.63) is 88.9 Å². The third kappa shape index (κ3) is 3.95. The van der Waals surface area contributed by atoms with Crippen molar-refractivity contribution < 1.29 is 14.7 Å². The van der Waals surface area contributed by atoms with Crippen LogP contribution in [0, 0.1) is 23.6 Å². The molecule has 7 rings (SSSR count). The van der Waals surface area contributed by atoms with Crippen LogP contribution in [0.3, 0.4) is 0 Å². The maximum absolute atomic E-state index is 16.4. The molecule has 0 aliphatic heterocycles. The predicted octanol–water partition coefficient (Wildman–Crippen LogP) is 11.5. The third-order valence-corrected chi connectivity index (χ3v) is 13.3. The molecule has 0 amide bonds. The van der Waals surface area contributed by atoms with Gasteiger partial charge in [-0.1, -0.05) is 92.5 Å². The number of aromatic nitrogens is 1. The quantitative estimate of drug-likeness (QED) is 0.188. The van der Waals surface area contributed by atoms with Crippen molar-refractivity contribution in [3.8, 4) is 22.4 Å². The van der Waals surface area contributed by atoms with Crippen LogP contribution >= 0.6 is 0 Å². The fraction of sp³-hybridized carbons (Fsp3) is 0.452. The Morgan fingerprint density at radius 1 is 0.800 bits per heavy atom. The van der Waals surface area contributed by atoms with Crippen molar-refractivity contribution in [1.82, 2.24) is 0 Å². The topological polar surface area (TPSA) is 17.0 Å². The van der Waals surface area contributed by atoms with Crippen LogP contribution in [-0.4, -0.2) is 0 Å². The van der Waals surface area contributed by atoms with E-state index in [1.165, 1.54) is 11.1 Å². The molecule has 3 aromatic carbocycles. The second kappa shape index (κ2) is 9.77. The van der Waals surface area contributed by atoms with E-state index >= 15 is 4.39 Å². The van der Waals surface area contributed by atoms with Gasteiger partial charge in [0.05, 0.1) is 11.1 Å². The first-order valence-corrected chi connectivity index (χ1v) is 16.7. The Labute approximate surface area is 270 Å². The van der Waals surface area contributed by atoms with Crippen LogP contribution in [0.25, 0.3) is 44.3 Å². The second-order valence-corrected chi connectivity index (χ2v) is 16.0. The minimum atomic E-state index is -0.699. The number of aryl methyl sites for hydroxylation is 2. The highest BCUT2D eigenvalue weighted by atomic mass is 19.1. The standard InChI is InChI=1S/C42H49FNO/c1-25-18-19-28-29-20-21-32(43)35(38(29)45-37(28)34(25)33-17-13-14-22-44(33)10)27-23-30(26-15-11-12-16-26)36-31(24-27)39(2,3)41(6,7)42(8,9)40(36,4)5/h13-14,17-24,26H,11-12,15-16H2,1-10H3/q+1/i26D. The molecule has 2 nitrogen and oxygen atoms in total. The lowest BCUT2D eigenvalue weighted by molar-refractivity contribution is -0.660. The summed E-state index contributed by atoms with van der Waals surface area (Å²) in [6.45, 7) is 21.2. The summed E-state index contributed by atoms with van der Waals surface area (Å²) < 4.78 is 35.3. The van der Waals surface area contributed by atoms with Gasteiger partial charge in [-0.25, -0.2) is 8.96 Å². The Balaban J connectivity index is 1.60. The first-order chi connectivity index (χ1) is 21.5. The van der Waals surface area contributed by atoms with E-state index in [0.717, 1.165) is 70.0 Å². The van der Waals surface area contributed by atoms with Crippen molar-refractivity contribution >= 4 is 21.9 Å². The lowest BCUT2D eigenvalue weighted by Gasteiger charge is -2.64. The number of fused-ring (bicyclic) bond motifs is 4. The van der Waals surface area contributed by atoms with Crippen LogP contribution in [-0.2, 0) is 17.9 Å². The molecule has 0 unspecified atom stereocenters. The van der Waals surface area contributed by atoms with Gasteiger partial charge in [0, 0.05) is 24.3 Å². The van der Waals surface area contributed by atoms with Gasteiger partial charge in [0.15, 0.2) is 6.20 Å². The first-order valence-electron chi connectivity index (χ1n) is 17.2. The highest BCUT2D eigenvalue weighted by Crippen LogP contribution is 2.67. The average Bonchev–Trinajstić information content (AvgIpc) is 3.60. The van der Waals surface area contributed by atoms with Crippen molar-refractivity contribution in [1.29, 1.82) is 0 Å². The van der Waals surface area contributed by atoms with E-state index < -0.39 is 5.89 Å². The van der Waals surface area contributed by atoms with Gasteiger partial charge < -0.3 is 4.42 Å². The van der Waals surface area contributed by atoms with Gasteiger partial charge in [-0.2, -0.15) is 0 Å². The molecular formula is C42H49FNO+. The Kier molecular flexibility index (Phi) is 6.29. The van der Waals surface area contributed by atoms with Crippen LogP contribution in [0.1, 0.15) is 111 Å². The zero-order valence-electron chi connectivity index (χ0n) is 29.8. The number of benzene rings is 3. The molecule has 234 valence electrons. The van der Waals surface area contributed by atoms with E-state index in [2.05, 4.69) is 97.2 Å². The number of pyridine rings is 1. The zero-order chi connectivity index (χ0) is 33.2. The molecule has 2 aliphatic rings. The molecule has 0 radical (unpaired) electrons. The predicted molar refractivity (Wildman–Crippen MR) is 185 cm³/mol. The lowest BCUT2D eigenvalue weighted by Crippen LogP contribution is -2.60. The Bertz CT molecular complexity index is 2040. The maximum Gasteiger partial charge on any atom is 0.216 e. The van der Waals surface area contributed by atoms with E-state index in [9.17, 15) is 1.37 Å². The number of furan rings is 1. The van der Waals surface area contributed by atoms with Gasteiger partial charge in [0.1, 0.15) is 24.0 Å². The molecular weight excluding hydrogens is 553 g/mol. The lowest BCUT2D eigenvalue weighted by atomic mass is 9.39. The van der Waals surface area contributed by atoms with E-state index in [1.807, 2.05) is 31.4 Å². The molecule has 2 aromatic heterocycles. The van der Waals surface area contributed by atoms with Crippen LogP contribution < -0.4 is 4.57 Å². The smallest absolute Gasteiger partial charge is 0.216 e. The van der Waals surface area contributed by atoms with Crippen molar-refractivity contribution in [3.63, 3.8) is 0 Å². The molecule has 0 N–H and O–H groups in total. The van der Waals surface area contributed by atoms with E-state index in [0.29, 0.717) is 11.1 Å². The van der Waals surface area contributed by atoms with E-state index in [1.54, 1.807) is 6.07 Å². The minimum absolute atomic E-state index is 0.0619.